The lowest BCUT2D eigenvalue weighted by atomic mass is 10.1. The number of nitro groups is 1. The van der Waals surface area contributed by atoms with E-state index in [0.29, 0.717) is 34.0 Å². The van der Waals surface area contributed by atoms with Crippen molar-refractivity contribution in [3.8, 4) is 11.3 Å². The molecule has 1 aliphatic heterocycles. The lowest BCUT2D eigenvalue weighted by molar-refractivity contribution is -0.384. The van der Waals surface area contributed by atoms with Crippen LogP contribution in [0.2, 0.25) is 5.02 Å². The standard InChI is InChI=1S/C25H23ClN8O3/c26-21-11-9-18(34(35)36)15-20(21)22-12-10-19(37-22)16-27-32-24-29-23(28-17-7-3-1-4-8-17)30-25(31-24)33-13-5-2-6-14-33/h1,3-4,7-12,15-16H,2,5-6,13-14H2,(H2,28,29,30,31,32)/b27-16+. The van der Waals surface area contributed by atoms with Gasteiger partial charge in [0, 0.05) is 36.5 Å². The molecule has 11 nitrogen and oxygen atoms in total. The lowest BCUT2D eigenvalue weighted by Crippen LogP contribution is -2.31. The molecule has 37 heavy (non-hydrogen) atoms. The Hall–Kier alpha value is -4.51. The normalized spacial score (nSPS) is 13.6. The van der Waals surface area contributed by atoms with E-state index in [-0.39, 0.29) is 11.6 Å². The van der Waals surface area contributed by atoms with Gasteiger partial charge >= 0.3 is 0 Å². The molecule has 3 heterocycles. The quantitative estimate of drug-likeness (QED) is 0.167. The maximum atomic E-state index is 11.1. The van der Waals surface area contributed by atoms with E-state index in [9.17, 15) is 10.1 Å². The summed E-state index contributed by atoms with van der Waals surface area (Å²) in [4.78, 5) is 26.4. The number of benzene rings is 2. The summed E-state index contributed by atoms with van der Waals surface area (Å²) < 4.78 is 5.77. The molecule has 12 heteroatoms. The fourth-order valence-corrected chi connectivity index (χ4v) is 4.10. The van der Waals surface area contributed by atoms with Gasteiger partial charge in [0.25, 0.3) is 5.69 Å². The molecular weight excluding hydrogens is 496 g/mol. The Labute approximate surface area is 217 Å². The molecule has 0 spiro atoms. The summed E-state index contributed by atoms with van der Waals surface area (Å²) in [6.45, 7) is 1.76. The minimum Gasteiger partial charge on any atom is -0.455 e. The third kappa shape index (κ3) is 6.01. The second-order valence-corrected chi connectivity index (χ2v) is 8.72. The second-order valence-electron chi connectivity index (χ2n) is 8.31. The number of nitrogens with zero attached hydrogens (tertiary/aromatic N) is 6. The molecule has 0 atom stereocenters. The van der Waals surface area contributed by atoms with Crippen molar-refractivity contribution in [1.82, 2.24) is 15.0 Å². The number of aromatic nitrogens is 3. The predicted molar refractivity (Wildman–Crippen MR) is 143 cm³/mol. The first-order valence-corrected chi connectivity index (χ1v) is 12.1. The average molecular weight is 519 g/mol. The Balaban J connectivity index is 1.35. The Morgan fingerprint density at radius 2 is 1.78 bits per heavy atom. The summed E-state index contributed by atoms with van der Waals surface area (Å²) in [5, 5.41) is 18.9. The number of halogens is 1. The molecule has 1 aliphatic rings. The van der Waals surface area contributed by atoms with Gasteiger partial charge in [-0.15, -0.1) is 0 Å². The van der Waals surface area contributed by atoms with E-state index in [1.807, 2.05) is 30.3 Å². The van der Waals surface area contributed by atoms with Crippen molar-refractivity contribution in [2.75, 3.05) is 28.7 Å². The fourth-order valence-electron chi connectivity index (χ4n) is 3.89. The SMILES string of the molecule is O=[N+]([O-])c1ccc(Cl)c(-c2ccc(/C=N/Nc3nc(Nc4ccccc4)nc(N4CCCCC4)n3)o2)c1. The first kappa shape index (κ1) is 24.2. The molecule has 5 rings (SSSR count). The maximum Gasteiger partial charge on any atom is 0.270 e. The molecule has 0 aliphatic carbocycles. The van der Waals surface area contributed by atoms with Gasteiger partial charge in [-0.05, 0) is 49.6 Å². The number of hydrogen-bond acceptors (Lipinski definition) is 10. The number of hydrazone groups is 1. The van der Waals surface area contributed by atoms with E-state index in [0.717, 1.165) is 31.6 Å². The Morgan fingerprint density at radius 1 is 1.00 bits per heavy atom. The molecule has 0 radical (unpaired) electrons. The molecule has 0 amide bonds. The van der Waals surface area contributed by atoms with E-state index in [1.165, 1.54) is 30.8 Å². The maximum absolute atomic E-state index is 11.1. The molecule has 188 valence electrons. The predicted octanol–water partition coefficient (Wildman–Crippen LogP) is 5.87. The van der Waals surface area contributed by atoms with Crippen LogP contribution in [0.1, 0.15) is 25.0 Å². The number of para-hydroxylation sites is 1. The van der Waals surface area contributed by atoms with Crippen molar-refractivity contribution in [2.24, 2.45) is 5.10 Å². The number of hydrogen-bond donors (Lipinski definition) is 2. The van der Waals surface area contributed by atoms with Crippen LogP contribution in [0.5, 0.6) is 0 Å². The summed E-state index contributed by atoms with van der Waals surface area (Å²) in [6, 6.07) is 17.2. The Morgan fingerprint density at radius 3 is 2.57 bits per heavy atom. The number of nitrogens with one attached hydrogen (secondary N) is 2. The highest BCUT2D eigenvalue weighted by Crippen LogP contribution is 2.32. The van der Waals surface area contributed by atoms with Gasteiger partial charge in [0.1, 0.15) is 11.5 Å². The lowest BCUT2D eigenvalue weighted by Gasteiger charge is -2.26. The van der Waals surface area contributed by atoms with Gasteiger partial charge in [0.05, 0.1) is 16.2 Å². The molecule has 0 unspecified atom stereocenters. The van der Waals surface area contributed by atoms with Crippen LogP contribution in [-0.2, 0) is 0 Å². The first-order chi connectivity index (χ1) is 18.0. The molecule has 2 aromatic heterocycles. The van der Waals surface area contributed by atoms with Crippen LogP contribution >= 0.6 is 11.6 Å². The molecular formula is C25H23ClN8O3. The van der Waals surface area contributed by atoms with E-state index in [2.05, 4.69) is 35.7 Å². The molecule has 2 N–H and O–H groups in total. The van der Waals surface area contributed by atoms with Crippen LogP contribution in [0.3, 0.4) is 0 Å². The minimum atomic E-state index is -0.483. The molecule has 4 aromatic rings. The third-order valence-electron chi connectivity index (χ3n) is 5.70. The smallest absolute Gasteiger partial charge is 0.270 e. The van der Waals surface area contributed by atoms with Crippen molar-refractivity contribution >= 4 is 47.0 Å². The first-order valence-electron chi connectivity index (χ1n) is 11.7. The summed E-state index contributed by atoms with van der Waals surface area (Å²) in [6.07, 6.45) is 4.83. The van der Waals surface area contributed by atoms with Gasteiger partial charge in [0.2, 0.25) is 17.8 Å². The highest BCUT2D eigenvalue weighted by Gasteiger charge is 2.17. The number of furan rings is 1. The highest BCUT2D eigenvalue weighted by molar-refractivity contribution is 6.33. The van der Waals surface area contributed by atoms with Crippen LogP contribution in [0, 0.1) is 10.1 Å². The van der Waals surface area contributed by atoms with Gasteiger partial charge in [-0.2, -0.15) is 20.1 Å². The Bertz CT molecular complexity index is 1420. The molecule has 1 fully saturated rings. The van der Waals surface area contributed by atoms with E-state index in [1.54, 1.807) is 12.1 Å². The van der Waals surface area contributed by atoms with E-state index >= 15 is 0 Å². The zero-order valence-electron chi connectivity index (χ0n) is 19.7. The van der Waals surface area contributed by atoms with Crippen molar-refractivity contribution in [1.29, 1.82) is 0 Å². The van der Waals surface area contributed by atoms with Gasteiger partial charge in [-0.25, -0.2) is 5.43 Å². The average Bonchev–Trinajstić information content (AvgIpc) is 3.38. The van der Waals surface area contributed by atoms with Crippen LogP contribution in [0.4, 0.5) is 29.2 Å². The third-order valence-corrected chi connectivity index (χ3v) is 6.03. The molecule has 1 saturated heterocycles. The van der Waals surface area contributed by atoms with Crippen LogP contribution in [0.15, 0.2) is 70.2 Å². The number of non-ortho nitro benzene ring substituents is 1. The van der Waals surface area contributed by atoms with E-state index in [4.69, 9.17) is 16.0 Å². The molecule has 0 saturated carbocycles. The summed E-state index contributed by atoms with van der Waals surface area (Å²) in [7, 11) is 0. The van der Waals surface area contributed by atoms with Crippen LogP contribution < -0.4 is 15.6 Å². The Kier molecular flexibility index (Phi) is 7.22. The topological polar surface area (TPSA) is 135 Å². The summed E-state index contributed by atoms with van der Waals surface area (Å²) >= 11 is 6.22. The molecule has 0 bridgehead atoms. The fraction of sp³-hybridized carbons (Fsp3) is 0.200. The van der Waals surface area contributed by atoms with Gasteiger partial charge in [-0.3, -0.25) is 10.1 Å². The van der Waals surface area contributed by atoms with Crippen molar-refractivity contribution in [2.45, 2.75) is 19.3 Å². The largest absolute Gasteiger partial charge is 0.455 e. The number of rotatable bonds is 8. The second kappa shape index (κ2) is 11.0. The number of nitro benzene ring substituents is 1. The summed E-state index contributed by atoms with van der Waals surface area (Å²) in [5.74, 6) is 2.06. The monoisotopic (exact) mass is 518 g/mol. The number of anilines is 4. The number of piperidine rings is 1. The van der Waals surface area contributed by atoms with E-state index < -0.39 is 4.92 Å². The minimum absolute atomic E-state index is 0.0769. The van der Waals surface area contributed by atoms with Crippen molar-refractivity contribution in [3.63, 3.8) is 0 Å². The molecule has 2 aromatic carbocycles. The van der Waals surface area contributed by atoms with Gasteiger partial charge < -0.3 is 14.6 Å². The zero-order chi connectivity index (χ0) is 25.6. The highest BCUT2D eigenvalue weighted by atomic mass is 35.5. The van der Waals surface area contributed by atoms with Crippen molar-refractivity contribution in [3.05, 3.63) is 81.6 Å². The summed E-state index contributed by atoms with van der Waals surface area (Å²) in [5.41, 5.74) is 4.05. The van der Waals surface area contributed by atoms with Crippen molar-refractivity contribution < 1.29 is 9.34 Å². The van der Waals surface area contributed by atoms with Crippen LogP contribution in [-0.4, -0.2) is 39.2 Å². The van der Waals surface area contributed by atoms with Gasteiger partial charge in [-0.1, -0.05) is 29.8 Å². The van der Waals surface area contributed by atoms with Gasteiger partial charge in [0.15, 0.2) is 0 Å². The van der Waals surface area contributed by atoms with Crippen LogP contribution in [0.25, 0.3) is 11.3 Å². The zero-order valence-corrected chi connectivity index (χ0v) is 20.4.